The molecule has 1 amide bonds. The van der Waals surface area contributed by atoms with Crippen molar-refractivity contribution in [1.82, 2.24) is 29.6 Å². The van der Waals surface area contributed by atoms with E-state index in [4.69, 9.17) is 0 Å². The van der Waals surface area contributed by atoms with Crippen LogP contribution in [0.15, 0.2) is 48.0 Å². The van der Waals surface area contributed by atoms with Gasteiger partial charge in [0.05, 0.1) is 23.3 Å². The number of hydrogen-bond acceptors (Lipinski definition) is 5. The van der Waals surface area contributed by atoms with E-state index >= 15 is 0 Å². The molecule has 8 nitrogen and oxygen atoms in total. The molecule has 0 bridgehead atoms. The molecule has 0 saturated heterocycles. The Morgan fingerprint density at radius 1 is 1.15 bits per heavy atom. The number of hydrogen-bond donors (Lipinski definition) is 1. The highest BCUT2D eigenvalue weighted by Crippen LogP contribution is 2.27. The molecule has 4 rings (SSSR count). The molecule has 1 aliphatic rings. The van der Waals surface area contributed by atoms with E-state index in [0.29, 0.717) is 23.5 Å². The van der Waals surface area contributed by atoms with Crippen molar-refractivity contribution in [2.45, 2.75) is 50.7 Å². The molecule has 27 heavy (non-hydrogen) atoms. The van der Waals surface area contributed by atoms with Gasteiger partial charge in [0, 0.05) is 19.0 Å². The zero-order valence-corrected chi connectivity index (χ0v) is 15.0. The van der Waals surface area contributed by atoms with E-state index in [1.165, 1.54) is 10.9 Å². The van der Waals surface area contributed by atoms with E-state index < -0.39 is 0 Å². The number of aryl methyl sites for hydroxylation is 1. The predicted molar refractivity (Wildman–Crippen MR) is 100 cm³/mol. The van der Waals surface area contributed by atoms with Crippen LogP contribution in [-0.2, 0) is 11.3 Å². The topological polar surface area (TPSA) is 94.7 Å². The van der Waals surface area contributed by atoms with Crippen molar-refractivity contribution in [1.29, 1.82) is 0 Å². The van der Waals surface area contributed by atoms with Crippen molar-refractivity contribution in [3.05, 3.63) is 53.6 Å². The number of amides is 1. The number of nitrogens with one attached hydrogen (secondary N) is 1. The van der Waals surface area contributed by atoms with Crippen molar-refractivity contribution < 1.29 is 4.79 Å². The van der Waals surface area contributed by atoms with Gasteiger partial charge in [0.25, 0.3) is 5.56 Å². The van der Waals surface area contributed by atoms with Crippen LogP contribution in [0.4, 0.5) is 0 Å². The Labute approximate surface area is 156 Å². The molecule has 2 aromatic heterocycles. The Balaban J connectivity index is 1.29. The lowest BCUT2D eigenvalue weighted by Gasteiger charge is -2.29. The third-order valence-electron chi connectivity index (χ3n) is 5.18. The van der Waals surface area contributed by atoms with E-state index in [2.05, 4.69) is 20.4 Å². The lowest BCUT2D eigenvalue weighted by Crippen LogP contribution is -2.38. The smallest absolute Gasteiger partial charge is 0.261 e. The van der Waals surface area contributed by atoms with Crippen LogP contribution < -0.4 is 10.9 Å². The van der Waals surface area contributed by atoms with Crippen LogP contribution in [0.1, 0.15) is 38.1 Å². The summed E-state index contributed by atoms with van der Waals surface area (Å²) in [7, 11) is 0. The highest BCUT2D eigenvalue weighted by atomic mass is 16.2. The van der Waals surface area contributed by atoms with Gasteiger partial charge in [-0.05, 0) is 37.8 Å². The molecule has 0 aliphatic heterocycles. The summed E-state index contributed by atoms with van der Waals surface area (Å²) in [5.41, 5.74) is 0.564. The molecule has 0 atom stereocenters. The minimum absolute atomic E-state index is 0.0285. The third kappa shape index (κ3) is 3.89. The summed E-state index contributed by atoms with van der Waals surface area (Å²) in [6.45, 7) is 0.330. The molecule has 8 heteroatoms. The van der Waals surface area contributed by atoms with Gasteiger partial charge in [-0.3, -0.25) is 14.2 Å². The summed E-state index contributed by atoms with van der Waals surface area (Å²) in [5.74, 6) is -0.0285. The average Bonchev–Trinajstić information content (AvgIpc) is 3.23. The van der Waals surface area contributed by atoms with Gasteiger partial charge in [0.2, 0.25) is 5.91 Å². The maximum atomic E-state index is 12.5. The van der Waals surface area contributed by atoms with E-state index in [1.807, 2.05) is 22.9 Å². The maximum absolute atomic E-state index is 12.5. The molecule has 2 heterocycles. The Kier molecular flexibility index (Phi) is 4.95. The standard InChI is InChI=1S/C19H22N6O2/c26-18(23-14-5-7-15(8-6-14)25-12-20-11-22-25)9-10-24-13-21-17-4-2-1-3-16(17)19(24)27/h1-4,11-15H,5-10H2,(H,23,26). The first-order chi connectivity index (χ1) is 13.2. The molecule has 1 fully saturated rings. The summed E-state index contributed by atoms with van der Waals surface area (Å²) in [6.07, 6.45) is 8.88. The van der Waals surface area contributed by atoms with Crippen LogP contribution in [0.2, 0.25) is 0 Å². The second-order valence-electron chi connectivity index (χ2n) is 6.96. The summed E-state index contributed by atoms with van der Waals surface area (Å²) in [6, 6.07) is 7.78. The molecule has 0 unspecified atom stereocenters. The minimum atomic E-state index is -0.109. The van der Waals surface area contributed by atoms with E-state index in [9.17, 15) is 9.59 Å². The molecule has 1 aliphatic carbocycles. The fourth-order valence-corrected chi connectivity index (χ4v) is 3.68. The number of fused-ring (bicyclic) bond motifs is 1. The lowest BCUT2D eigenvalue weighted by molar-refractivity contribution is -0.122. The first kappa shape index (κ1) is 17.4. The number of nitrogens with zero attached hydrogens (tertiary/aromatic N) is 5. The van der Waals surface area contributed by atoms with E-state index in [0.717, 1.165) is 25.7 Å². The Morgan fingerprint density at radius 2 is 1.96 bits per heavy atom. The largest absolute Gasteiger partial charge is 0.353 e. The monoisotopic (exact) mass is 366 g/mol. The van der Waals surface area contributed by atoms with Crippen LogP contribution >= 0.6 is 0 Å². The Hall–Kier alpha value is -3.03. The summed E-state index contributed by atoms with van der Waals surface area (Å²) < 4.78 is 3.40. The van der Waals surface area contributed by atoms with Gasteiger partial charge < -0.3 is 5.32 Å². The van der Waals surface area contributed by atoms with Crippen LogP contribution in [0.3, 0.4) is 0 Å². The maximum Gasteiger partial charge on any atom is 0.261 e. The Morgan fingerprint density at radius 3 is 2.74 bits per heavy atom. The molecule has 1 saturated carbocycles. The first-order valence-corrected chi connectivity index (χ1v) is 9.28. The fraction of sp³-hybridized carbons (Fsp3) is 0.421. The molecular weight excluding hydrogens is 344 g/mol. The average molecular weight is 366 g/mol. The quantitative estimate of drug-likeness (QED) is 0.741. The number of carbonyl (C=O) groups excluding carboxylic acids is 1. The molecule has 0 radical (unpaired) electrons. The minimum Gasteiger partial charge on any atom is -0.353 e. The number of aromatic nitrogens is 5. The van der Waals surface area contributed by atoms with Gasteiger partial charge in [-0.25, -0.2) is 14.6 Å². The predicted octanol–water partition coefficient (Wildman–Crippen LogP) is 1.68. The van der Waals surface area contributed by atoms with Gasteiger partial charge in [0.15, 0.2) is 0 Å². The van der Waals surface area contributed by atoms with Crippen molar-refractivity contribution in [2.75, 3.05) is 0 Å². The summed E-state index contributed by atoms with van der Waals surface area (Å²) >= 11 is 0. The SMILES string of the molecule is O=C(CCn1cnc2ccccc2c1=O)NC1CCC(n2cncn2)CC1. The van der Waals surface area contributed by atoms with Crippen LogP contribution in [0, 0.1) is 0 Å². The summed E-state index contributed by atoms with van der Waals surface area (Å²) in [4.78, 5) is 33.0. The second-order valence-corrected chi connectivity index (χ2v) is 6.96. The first-order valence-electron chi connectivity index (χ1n) is 9.28. The van der Waals surface area contributed by atoms with Crippen molar-refractivity contribution in [3.63, 3.8) is 0 Å². The number of carbonyl (C=O) groups is 1. The fourth-order valence-electron chi connectivity index (χ4n) is 3.68. The van der Waals surface area contributed by atoms with Crippen LogP contribution in [0.25, 0.3) is 10.9 Å². The van der Waals surface area contributed by atoms with Crippen LogP contribution in [-0.4, -0.2) is 36.3 Å². The van der Waals surface area contributed by atoms with E-state index in [-0.39, 0.29) is 23.9 Å². The normalized spacial score (nSPS) is 19.9. The summed E-state index contributed by atoms with van der Waals surface area (Å²) in [5, 5.41) is 7.87. The van der Waals surface area contributed by atoms with Crippen molar-refractivity contribution in [2.24, 2.45) is 0 Å². The van der Waals surface area contributed by atoms with Crippen molar-refractivity contribution >= 4 is 16.8 Å². The van der Waals surface area contributed by atoms with Gasteiger partial charge in [-0.2, -0.15) is 5.10 Å². The lowest BCUT2D eigenvalue weighted by atomic mass is 9.91. The molecule has 140 valence electrons. The van der Waals surface area contributed by atoms with E-state index in [1.54, 1.807) is 18.7 Å². The Bertz CT molecular complexity index is 973. The number of benzene rings is 1. The van der Waals surface area contributed by atoms with Crippen molar-refractivity contribution in [3.8, 4) is 0 Å². The second kappa shape index (κ2) is 7.69. The molecule has 3 aromatic rings. The van der Waals surface area contributed by atoms with Gasteiger partial charge >= 0.3 is 0 Å². The zero-order valence-electron chi connectivity index (χ0n) is 15.0. The highest BCUT2D eigenvalue weighted by Gasteiger charge is 2.23. The number of rotatable bonds is 5. The molecule has 1 aromatic carbocycles. The molecule has 0 spiro atoms. The van der Waals surface area contributed by atoms with Gasteiger partial charge in [-0.15, -0.1) is 0 Å². The molecular formula is C19H22N6O2. The van der Waals surface area contributed by atoms with Crippen LogP contribution in [0.5, 0.6) is 0 Å². The number of para-hydroxylation sites is 1. The van der Waals surface area contributed by atoms with Gasteiger partial charge in [-0.1, -0.05) is 12.1 Å². The van der Waals surface area contributed by atoms with Gasteiger partial charge in [0.1, 0.15) is 12.7 Å². The molecule has 1 N–H and O–H groups in total. The highest BCUT2D eigenvalue weighted by molar-refractivity contribution is 5.77. The third-order valence-corrected chi connectivity index (χ3v) is 5.18. The zero-order chi connectivity index (χ0) is 18.6.